The maximum atomic E-state index is 10.6. The normalized spacial score (nSPS) is 10.0. The van der Waals surface area contributed by atoms with Crippen molar-refractivity contribution >= 4 is 21.9 Å². The molecule has 0 aromatic rings. The number of hydrogen-bond acceptors (Lipinski definition) is 3. The van der Waals surface area contributed by atoms with Gasteiger partial charge >= 0.3 is 5.97 Å². The maximum Gasteiger partial charge on any atom is 0.333 e. The fraction of sp³-hybridized carbons (Fsp3) is 0.571. The van der Waals surface area contributed by atoms with Crippen LogP contribution in [0.3, 0.4) is 0 Å². The van der Waals surface area contributed by atoms with Crippen molar-refractivity contribution in [2.24, 2.45) is 0 Å². The van der Waals surface area contributed by atoms with Crippen molar-refractivity contribution in [2.75, 3.05) is 18.5 Å². The predicted molar refractivity (Wildman–Crippen MR) is 45.5 cm³/mol. The standard InChI is InChI=1S/C7H11BrO3/c1-2-11-7(9)3-5-10-6-4-8/h3,5H,2,4,6H2,1H3. The molecule has 0 aromatic heterocycles. The molecule has 0 bridgehead atoms. The topological polar surface area (TPSA) is 35.5 Å². The summed E-state index contributed by atoms with van der Waals surface area (Å²) in [4.78, 5) is 10.6. The molecular formula is C7H11BrO3. The minimum absolute atomic E-state index is 0.373. The van der Waals surface area contributed by atoms with E-state index in [4.69, 9.17) is 4.74 Å². The number of carbonyl (C=O) groups excluding carboxylic acids is 1. The zero-order chi connectivity index (χ0) is 8.53. The molecule has 64 valence electrons. The Morgan fingerprint density at radius 2 is 2.36 bits per heavy atom. The lowest BCUT2D eigenvalue weighted by atomic mass is 10.6. The van der Waals surface area contributed by atoms with Crippen LogP contribution in [0.2, 0.25) is 0 Å². The summed E-state index contributed by atoms with van der Waals surface area (Å²) in [7, 11) is 0. The first-order valence-corrected chi connectivity index (χ1v) is 4.44. The molecule has 0 amide bonds. The summed E-state index contributed by atoms with van der Waals surface area (Å²) < 4.78 is 9.48. The fourth-order valence-electron chi connectivity index (χ4n) is 0.407. The highest BCUT2D eigenvalue weighted by atomic mass is 79.9. The molecule has 0 aliphatic rings. The molecule has 0 aromatic carbocycles. The van der Waals surface area contributed by atoms with Crippen LogP contribution in [-0.2, 0) is 14.3 Å². The van der Waals surface area contributed by atoms with Gasteiger partial charge in [0.2, 0.25) is 0 Å². The van der Waals surface area contributed by atoms with E-state index in [1.54, 1.807) is 6.92 Å². The van der Waals surface area contributed by atoms with Crippen molar-refractivity contribution in [3.05, 3.63) is 12.3 Å². The van der Waals surface area contributed by atoms with Gasteiger partial charge in [0.25, 0.3) is 0 Å². The Balaban J connectivity index is 3.32. The molecule has 0 aliphatic heterocycles. The van der Waals surface area contributed by atoms with Crippen LogP contribution in [0.4, 0.5) is 0 Å². The smallest absolute Gasteiger partial charge is 0.333 e. The second-order valence-corrected chi connectivity index (χ2v) is 2.41. The van der Waals surface area contributed by atoms with Gasteiger partial charge in [0.05, 0.1) is 25.6 Å². The van der Waals surface area contributed by atoms with E-state index < -0.39 is 0 Å². The number of esters is 1. The Kier molecular flexibility index (Phi) is 7.24. The first-order chi connectivity index (χ1) is 5.31. The summed E-state index contributed by atoms with van der Waals surface area (Å²) in [6.07, 6.45) is 2.59. The Hall–Kier alpha value is -0.510. The molecule has 0 saturated carbocycles. The van der Waals surface area contributed by atoms with Crippen molar-refractivity contribution in [2.45, 2.75) is 6.92 Å². The molecule has 11 heavy (non-hydrogen) atoms. The van der Waals surface area contributed by atoms with Crippen LogP contribution in [0, 0.1) is 0 Å². The van der Waals surface area contributed by atoms with Crippen molar-refractivity contribution in [3.8, 4) is 0 Å². The number of ether oxygens (including phenoxy) is 2. The van der Waals surface area contributed by atoms with E-state index in [1.165, 1.54) is 12.3 Å². The van der Waals surface area contributed by atoms with Gasteiger partial charge in [-0.2, -0.15) is 0 Å². The lowest BCUT2D eigenvalue weighted by Crippen LogP contribution is -1.99. The molecule has 0 fully saturated rings. The molecule has 0 saturated heterocycles. The molecule has 0 heterocycles. The van der Waals surface area contributed by atoms with E-state index in [1.807, 2.05) is 0 Å². The lowest BCUT2D eigenvalue weighted by molar-refractivity contribution is -0.137. The summed E-state index contributed by atoms with van der Waals surface area (Å²) in [5.41, 5.74) is 0. The van der Waals surface area contributed by atoms with Crippen molar-refractivity contribution in [1.29, 1.82) is 0 Å². The SMILES string of the molecule is CCOC(=O)C=COCCBr. The van der Waals surface area contributed by atoms with E-state index >= 15 is 0 Å². The zero-order valence-electron chi connectivity index (χ0n) is 6.38. The average Bonchev–Trinajstić information content (AvgIpc) is 1.99. The molecule has 0 N–H and O–H groups in total. The van der Waals surface area contributed by atoms with Gasteiger partial charge in [-0.3, -0.25) is 0 Å². The highest BCUT2D eigenvalue weighted by Crippen LogP contribution is 1.85. The van der Waals surface area contributed by atoms with Crippen molar-refractivity contribution in [1.82, 2.24) is 0 Å². The Bertz CT molecular complexity index is 134. The molecular weight excluding hydrogens is 212 g/mol. The van der Waals surface area contributed by atoms with E-state index in [2.05, 4.69) is 20.7 Å². The van der Waals surface area contributed by atoms with Crippen LogP contribution in [0.5, 0.6) is 0 Å². The van der Waals surface area contributed by atoms with Gasteiger partial charge in [-0.1, -0.05) is 15.9 Å². The van der Waals surface area contributed by atoms with Crippen LogP contribution in [-0.4, -0.2) is 24.5 Å². The van der Waals surface area contributed by atoms with Gasteiger partial charge in [-0.25, -0.2) is 4.79 Å². The Morgan fingerprint density at radius 1 is 1.64 bits per heavy atom. The summed E-state index contributed by atoms with van der Waals surface area (Å²) >= 11 is 3.17. The van der Waals surface area contributed by atoms with Gasteiger partial charge < -0.3 is 9.47 Å². The number of hydrogen-bond donors (Lipinski definition) is 0. The van der Waals surface area contributed by atoms with Crippen LogP contribution < -0.4 is 0 Å². The molecule has 0 atom stereocenters. The highest BCUT2D eigenvalue weighted by molar-refractivity contribution is 9.09. The molecule has 0 radical (unpaired) electrons. The van der Waals surface area contributed by atoms with E-state index in [0.717, 1.165) is 5.33 Å². The molecule has 0 rings (SSSR count). The molecule has 0 unspecified atom stereocenters. The lowest BCUT2D eigenvalue weighted by Gasteiger charge is -1.95. The number of alkyl halides is 1. The van der Waals surface area contributed by atoms with Crippen molar-refractivity contribution < 1.29 is 14.3 Å². The van der Waals surface area contributed by atoms with E-state index in [-0.39, 0.29) is 5.97 Å². The van der Waals surface area contributed by atoms with Crippen molar-refractivity contribution in [3.63, 3.8) is 0 Å². The second kappa shape index (κ2) is 7.60. The first kappa shape index (κ1) is 10.5. The van der Waals surface area contributed by atoms with Gasteiger partial charge in [-0.05, 0) is 6.92 Å². The molecule has 0 spiro atoms. The summed E-state index contributed by atoms with van der Waals surface area (Å²) in [6, 6.07) is 0. The molecule has 0 aliphatic carbocycles. The summed E-state index contributed by atoms with van der Waals surface area (Å²) in [5, 5.41) is 0.750. The van der Waals surface area contributed by atoms with Crippen LogP contribution in [0.25, 0.3) is 0 Å². The van der Waals surface area contributed by atoms with Gasteiger partial charge in [0.15, 0.2) is 0 Å². The highest BCUT2D eigenvalue weighted by Gasteiger charge is 1.91. The van der Waals surface area contributed by atoms with Crippen LogP contribution in [0.1, 0.15) is 6.92 Å². The largest absolute Gasteiger partial charge is 0.500 e. The third-order valence-corrected chi connectivity index (χ3v) is 1.11. The minimum Gasteiger partial charge on any atom is -0.500 e. The monoisotopic (exact) mass is 222 g/mol. The average molecular weight is 223 g/mol. The number of carbonyl (C=O) groups is 1. The van der Waals surface area contributed by atoms with Gasteiger partial charge in [-0.15, -0.1) is 0 Å². The maximum absolute atomic E-state index is 10.6. The third kappa shape index (κ3) is 7.39. The minimum atomic E-state index is -0.373. The van der Waals surface area contributed by atoms with Gasteiger partial charge in [0, 0.05) is 5.33 Å². The first-order valence-electron chi connectivity index (χ1n) is 3.32. The molecule has 4 heteroatoms. The fourth-order valence-corrected chi connectivity index (χ4v) is 0.594. The summed E-state index contributed by atoms with van der Waals surface area (Å²) in [5.74, 6) is -0.373. The second-order valence-electron chi connectivity index (χ2n) is 1.61. The third-order valence-electron chi connectivity index (χ3n) is 0.782. The number of rotatable bonds is 5. The quantitative estimate of drug-likeness (QED) is 0.233. The van der Waals surface area contributed by atoms with Crippen LogP contribution in [0.15, 0.2) is 12.3 Å². The van der Waals surface area contributed by atoms with E-state index in [0.29, 0.717) is 13.2 Å². The number of halogens is 1. The molecule has 3 nitrogen and oxygen atoms in total. The summed E-state index contributed by atoms with van der Waals surface area (Å²) in [6.45, 7) is 2.70. The van der Waals surface area contributed by atoms with Gasteiger partial charge in [0.1, 0.15) is 0 Å². The zero-order valence-corrected chi connectivity index (χ0v) is 7.96. The Labute approximate surface area is 74.5 Å². The van der Waals surface area contributed by atoms with E-state index in [9.17, 15) is 4.79 Å². The predicted octanol–water partition coefficient (Wildman–Crippen LogP) is 1.47. The van der Waals surface area contributed by atoms with Crippen LogP contribution >= 0.6 is 15.9 Å². The Morgan fingerprint density at radius 3 is 2.91 bits per heavy atom.